The zero-order valence-electron chi connectivity index (χ0n) is 16.9. The Balaban J connectivity index is 2.02. The average Bonchev–Trinajstić information content (AvgIpc) is 2.69. The van der Waals surface area contributed by atoms with Crippen LogP contribution in [0.1, 0.15) is 50.8 Å². The third kappa shape index (κ3) is 4.77. The summed E-state index contributed by atoms with van der Waals surface area (Å²) in [5, 5.41) is 0. The van der Waals surface area contributed by atoms with Gasteiger partial charge in [-0.25, -0.2) is 0 Å². The molecule has 0 aliphatic heterocycles. The van der Waals surface area contributed by atoms with Crippen LogP contribution in [-0.4, -0.2) is 0 Å². The van der Waals surface area contributed by atoms with Gasteiger partial charge in [0.25, 0.3) is 0 Å². The highest BCUT2D eigenvalue weighted by atomic mass is 14.3. The predicted octanol–water partition coefficient (Wildman–Crippen LogP) is 7.42. The Kier molecular flexibility index (Phi) is 5.65. The SMILES string of the molecule is CC(C)(/C=C(/CC(C)(C)c1ccccc1)c1ccccc1)c1ccccc1. The van der Waals surface area contributed by atoms with Crippen molar-refractivity contribution in [3.05, 3.63) is 114 Å². The van der Waals surface area contributed by atoms with E-state index in [1.807, 2.05) is 0 Å². The average molecular weight is 355 g/mol. The van der Waals surface area contributed by atoms with Crippen LogP contribution in [0.25, 0.3) is 5.57 Å². The lowest BCUT2D eigenvalue weighted by atomic mass is 9.74. The van der Waals surface area contributed by atoms with Crippen LogP contribution in [0.2, 0.25) is 0 Å². The number of benzene rings is 3. The van der Waals surface area contributed by atoms with Crippen LogP contribution in [0.15, 0.2) is 97.1 Å². The minimum absolute atomic E-state index is 0.0286. The normalized spacial score (nSPS) is 12.8. The van der Waals surface area contributed by atoms with E-state index in [9.17, 15) is 0 Å². The van der Waals surface area contributed by atoms with Crippen LogP contribution < -0.4 is 0 Å². The molecule has 0 amide bonds. The molecule has 0 saturated carbocycles. The minimum Gasteiger partial charge on any atom is -0.0706 e. The Morgan fingerprint density at radius 1 is 0.630 bits per heavy atom. The first-order valence-corrected chi connectivity index (χ1v) is 9.77. The van der Waals surface area contributed by atoms with Gasteiger partial charge in [0.2, 0.25) is 0 Å². The minimum atomic E-state index is -0.0286. The molecule has 0 saturated heterocycles. The molecular weight excluding hydrogens is 324 g/mol. The van der Waals surface area contributed by atoms with Crippen LogP contribution >= 0.6 is 0 Å². The maximum absolute atomic E-state index is 2.46. The molecule has 0 nitrogen and oxygen atoms in total. The highest BCUT2D eigenvalue weighted by Crippen LogP contribution is 2.37. The molecule has 0 heteroatoms. The fourth-order valence-corrected chi connectivity index (χ4v) is 3.74. The topological polar surface area (TPSA) is 0 Å². The molecule has 0 heterocycles. The molecule has 27 heavy (non-hydrogen) atoms. The maximum atomic E-state index is 2.46. The first-order valence-electron chi connectivity index (χ1n) is 9.77. The Morgan fingerprint density at radius 3 is 1.59 bits per heavy atom. The number of allylic oxidation sites excluding steroid dienone is 2. The van der Waals surface area contributed by atoms with E-state index in [0.717, 1.165) is 6.42 Å². The number of rotatable bonds is 6. The molecule has 0 atom stereocenters. The van der Waals surface area contributed by atoms with Gasteiger partial charge in [0.05, 0.1) is 0 Å². The summed E-state index contributed by atoms with van der Waals surface area (Å²) in [5.74, 6) is 0. The Bertz CT molecular complexity index is 869. The van der Waals surface area contributed by atoms with Gasteiger partial charge in [-0.05, 0) is 34.1 Å². The van der Waals surface area contributed by atoms with Crippen molar-refractivity contribution >= 4 is 5.57 Å². The van der Waals surface area contributed by atoms with Gasteiger partial charge >= 0.3 is 0 Å². The van der Waals surface area contributed by atoms with E-state index in [1.54, 1.807) is 0 Å². The van der Waals surface area contributed by atoms with Crippen molar-refractivity contribution in [2.75, 3.05) is 0 Å². The molecule has 0 fully saturated rings. The molecule has 0 unspecified atom stereocenters. The molecule has 0 N–H and O–H groups in total. The summed E-state index contributed by atoms with van der Waals surface area (Å²) in [5.41, 5.74) is 5.47. The number of hydrogen-bond acceptors (Lipinski definition) is 0. The first-order chi connectivity index (χ1) is 12.9. The smallest absolute Gasteiger partial charge is 0.00813 e. The molecule has 0 radical (unpaired) electrons. The third-order valence-corrected chi connectivity index (χ3v) is 5.39. The van der Waals surface area contributed by atoms with Gasteiger partial charge in [-0.2, -0.15) is 0 Å². The summed E-state index contributed by atoms with van der Waals surface area (Å²) in [7, 11) is 0. The summed E-state index contributed by atoms with van der Waals surface area (Å²) in [6, 6.07) is 32.4. The third-order valence-electron chi connectivity index (χ3n) is 5.39. The molecule has 0 aliphatic carbocycles. The van der Waals surface area contributed by atoms with Gasteiger partial charge in [0, 0.05) is 5.41 Å². The highest BCUT2D eigenvalue weighted by Gasteiger charge is 2.25. The fourth-order valence-electron chi connectivity index (χ4n) is 3.74. The molecule has 0 aromatic heterocycles. The molecule has 3 aromatic carbocycles. The summed E-state index contributed by atoms with van der Waals surface area (Å²) < 4.78 is 0. The van der Waals surface area contributed by atoms with E-state index in [4.69, 9.17) is 0 Å². The van der Waals surface area contributed by atoms with Crippen molar-refractivity contribution in [3.63, 3.8) is 0 Å². The standard InChI is InChI=1S/C27H30/c1-26(2,24-16-10-6-11-17-24)20-23(22-14-8-5-9-15-22)21-27(3,4)25-18-12-7-13-19-25/h5-20H,21H2,1-4H3/b23-20-. The van der Waals surface area contributed by atoms with E-state index in [1.165, 1.54) is 22.3 Å². The van der Waals surface area contributed by atoms with E-state index >= 15 is 0 Å². The van der Waals surface area contributed by atoms with Crippen molar-refractivity contribution in [2.24, 2.45) is 0 Å². The number of hydrogen-bond donors (Lipinski definition) is 0. The van der Waals surface area contributed by atoms with Crippen LogP contribution in [-0.2, 0) is 10.8 Å². The van der Waals surface area contributed by atoms with Crippen molar-refractivity contribution in [3.8, 4) is 0 Å². The van der Waals surface area contributed by atoms with Gasteiger partial charge in [-0.15, -0.1) is 0 Å². The summed E-state index contributed by atoms with van der Waals surface area (Å²) in [6.07, 6.45) is 3.46. The van der Waals surface area contributed by atoms with Crippen molar-refractivity contribution < 1.29 is 0 Å². The lowest BCUT2D eigenvalue weighted by Crippen LogP contribution is -2.20. The van der Waals surface area contributed by atoms with Crippen molar-refractivity contribution in [1.29, 1.82) is 0 Å². The van der Waals surface area contributed by atoms with E-state index in [2.05, 4.69) is 125 Å². The summed E-state index contributed by atoms with van der Waals surface area (Å²) >= 11 is 0. The molecule has 138 valence electrons. The summed E-state index contributed by atoms with van der Waals surface area (Å²) in [6.45, 7) is 9.30. The first kappa shape index (κ1) is 19.2. The quantitative estimate of drug-likeness (QED) is 0.432. The molecule has 0 spiro atoms. The summed E-state index contributed by atoms with van der Waals surface area (Å²) in [4.78, 5) is 0. The second kappa shape index (κ2) is 7.96. The van der Waals surface area contributed by atoms with Gasteiger partial charge in [-0.1, -0.05) is 125 Å². The molecule has 3 rings (SSSR count). The maximum Gasteiger partial charge on any atom is 0.00813 e. The second-order valence-electron chi connectivity index (χ2n) is 8.55. The molecule has 0 aliphatic rings. The van der Waals surface area contributed by atoms with Gasteiger partial charge in [-0.3, -0.25) is 0 Å². The van der Waals surface area contributed by atoms with Crippen LogP contribution in [0.5, 0.6) is 0 Å². The molecule has 0 bridgehead atoms. The van der Waals surface area contributed by atoms with Crippen LogP contribution in [0, 0.1) is 0 Å². The second-order valence-corrected chi connectivity index (χ2v) is 8.55. The zero-order valence-corrected chi connectivity index (χ0v) is 16.9. The Hall–Kier alpha value is -2.60. The fraction of sp³-hybridized carbons (Fsp3) is 0.259. The van der Waals surface area contributed by atoms with Gasteiger partial charge in [0.15, 0.2) is 0 Å². The Morgan fingerprint density at radius 2 is 1.07 bits per heavy atom. The Labute approximate surface area is 164 Å². The lowest BCUT2D eigenvalue weighted by molar-refractivity contribution is 0.538. The van der Waals surface area contributed by atoms with Crippen molar-refractivity contribution in [2.45, 2.75) is 44.9 Å². The molecule has 3 aromatic rings. The van der Waals surface area contributed by atoms with Gasteiger partial charge < -0.3 is 0 Å². The largest absolute Gasteiger partial charge is 0.0706 e. The molecular formula is C27H30. The van der Waals surface area contributed by atoms with Crippen LogP contribution in [0.3, 0.4) is 0 Å². The monoisotopic (exact) mass is 354 g/mol. The van der Waals surface area contributed by atoms with Gasteiger partial charge in [0.1, 0.15) is 0 Å². The lowest BCUT2D eigenvalue weighted by Gasteiger charge is -2.30. The zero-order chi connectivity index (χ0) is 19.3. The van der Waals surface area contributed by atoms with Crippen molar-refractivity contribution in [1.82, 2.24) is 0 Å². The van der Waals surface area contributed by atoms with E-state index in [-0.39, 0.29) is 10.8 Å². The van der Waals surface area contributed by atoms with E-state index < -0.39 is 0 Å². The van der Waals surface area contributed by atoms with E-state index in [0.29, 0.717) is 0 Å². The highest BCUT2D eigenvalue weighted by molar-refractivity contribution is 5.68. The predicted molar refractivity (Wildman–Crippen MR) is 118 cm³/mol. The van der Waals surface area contributed by atoms with Crippen LogP contribution in [0.4, 0.5) is 0 Å².